The first-order valence-electron chi connectivity index (χ1n) is 10.8. The van der Waals surface area contributed by atoms with Gasteiger partial charge in [-0.1, -0.05) is 42.1 Å². The van der Waals surface area contributed by atoms with Crippen molar-refractivity contribution in [2.75, 3.05) is 18.1 Å². The van der Waals surface area contributed by atoms with Crippen LogP contribution in [0.15, 0.2) is 58.5 Å². The number of fused-ring (bicyclic) bond motifs is 2. The van der Waals surface area contributed by atoms with E-state index in [4.69, 9.17) is 9.72 Å². The van der Waals surface area contributed by atoms with Crippen molar-refractivity contribution in [3.63, 3.8) is 0 Å². The highest BCUT2D eigenvalue weighted by atomic mass is 32.2. The van der Waals surface area contributed by atoms with Gasteiger partial charge in [-0.2, -0.15) is 0 Å². The van der Waals surface area contributed by atoms with E-state index in [1.807, 2.05) is 48.2 Å². The lowest BCUT2D eigenvalue weighted by Crippen LogP contribution is -2.36. The highest BCUT2D eigenvalue weighted by molar-refractivity contribution is 8.00. The zero-order valence-electron chi connectivity index (χ0n) is 17.5. The molecule has 3 aromatic rings. The fourth-order valence-corrected chi connectivity index (χ4v) is 5.37. The summed E-state index contributed by atoms with van der Waals surface area (Å²) < 4.78 is 7.48. The third-order valence-electron chi connectivity index (χ3n) is 6.02. The van der Waals surface area contributed by atoms with E-state index in [0.29, 0.717) is 29.1 Å². The maximum Gasteiger partial charge on any atom is 0.262 e. The predicted octanol–water partition coefficient (Wildman–Crippen LogP) is 3.65. The molecule has 2 atom stereocenters. The molecule has 1 aromatic heterocycles. The zero-order chi connectivity index (χ0) is 21.4. The Morgan fingerprint density at radius 1 is 1.23 bits per heavy atom. The van der Waals surface area contributed by atoms with Crippen LogP contribution in [0.25, 0.3) is 10.9 Å². The summed E-state index contributed by atoms with van der Waals surface area (Å²) in [4.78, 5) is 33.2. The van der Waals surface area contributed by atoms with Gasteiger partial charge in [-0.25, -0.2) is 4.98 Å². The Labute approximate surface area is 185 Å². The number of hydrogen-bond acceptors (Lipinski definition) is 5. The first-order valence-corrected chi connectivity index (χ1v) is 11.7. The van der Waals surface area contributed by atoms with Crippen molar-refractivity contribution in [1.29, 1.82) is 0 Å². The molecule has 1 amide bonds. The molecule has 0 aliphatic carbocycles. The maximum atomic E-state index is 13.3. The SMILES string of the molecule is C[C@@H](Sc1nc2ccccc2c(=O)n1C[C@H]1CCCO1)C(=O)N1CCc2ccccc21. The molecule has 0 unspecified atom stereocenters. The van der Waals surface area contributed by atoms with Crippen LogP contribution in [0.1, 0.15) is 25.3 Å². The number of carbonyl (C=O) groups excluding carboxylic acids is 1. The van der Waals surface area contributed by atoms with Crippen LogP contribution in [0, 0.1) is 0 Å². The van der Waals surface area contributed by atoms with E-state index in [-0.39, 0.29) is 22.8 Å². The summed E-state index contributed by atoms with van der Waals surface area (Å²) in [5.74, 6) is 0.0426. The van der Waals surface area contributed by atoms with Crippen molar-refractivity contribution in [3.05, 3.63) is 64.4 Å². The van der Waals surface area contributed by atoms with E-state index in [9.17, 15) is 9.59 Å². The molecule has 2 aliphatic rings. The van der Waals surface area contributed by atoms with E-state index >= 15 is 0 Å². The van der Waals surface area contributed by atoms with Gasteiger partial charge in [-0.05, 0) is 49.9 Å². The summed E-state index contributed by atoms with van der Waals surface area (Å²) in [5.41, 5.74) is 2.77. The highest BCUT2D eigenvalue weighted by Crippen LogP contribution is 2.31. The van der Waals surface area contributed by atoms with Crippen LogP contribution in [-0.2, 0) is 22.5 Å². The fraction of sp³-hybridized carbons (Fsp3) is 0.375. The van der Waals surface area contributed by atoms with Crippen LogP contribution in [0.2, 0.25) is 0 Å². The Morgan fingerprint density at radius 2 is 2.03 bits per heavy atom. The standard InChI is InChI=1S/C24H25N3O3S/c1-16(22(28)26-13-12-17-7-2-5-11-21(17)26)31-24-25-20-10-4-3-9-19(20)23(29)27(24)15-18-8-6-14-30-18/h2-5,7,9-11,16,18H,6,8,12-15H2,1H3/t16-,18-/m1/s1. The van der Waals surface area contributed by atoms with Crippen LogP contribution in [0.5, 0.6) is 0 Å². The summed E-state index contributed by atoms with van der Waals surface area (Å²) in [5, 5.41) is 0.805. The van der Waals surface area contributed by atoms with Crippen molar-refractivity contribution in [2.24, 2.45) is 0 Å². The van der Waals surface area contributed by atoms with Gasteiger partial charge in [0.1, 0.15) is 0 Å². The monoisotopic (exact) mass is 435 g/mol. The second-order valence-corrected chi connectivity index (χ2v) is 9.40. The quantitative estimate of drug-likeness (QED) is 0.452. The lowest BCUT2D eigenvalue weighted by molar-refractivity contribution is -0.117. The summed E-state index contributed by atoms with van der Waals surface area (Å²) in [6.07, 6.45) is 2.82. The number of thioether (sulfide) groups is 1. The molecular formula is C24H25N3O3S. The molecule has 31 heavy (non-hydrogen) atoms. The van der Waals surface area contributed by atoms with E-state index in [2.05, 4.69) is 6.07 Å². The molecular weight excluding hydrogens is 410 g/mol. The number of hydrogen-bond donors (Lipinski definition) is 0. The largest absolute Gasteiger partial charge is 0.376 e. The van der Waals surface area contributed by atoms with Gasteiger partial charge in [0.25, 0.3) is 5.56 Å². The van der Waals surface area contributed by atoms with Gasteiger partial charge in [0.2, 0.25) is 5.91 Å². The van der Waals surface area contributed by atoms with Crippen molar-refractivity contribution < 1.29 is 9.53 Å². The molecule has 1 fully saturated rings. The van der Waals surface area contributed by atoms with E-state index in [1.165, 1.54) is 17.3 Å². The molecule has 6 nitrogen and oxygen atoms in total. The van der Waals surface area contributed by atoms with Crippen molar-refractivity contribution in [3.8, 4) is 0 Å². The summed E-state index contributed by atoms with van der Waals surface area (Å²) in [6, 6.07) is 15.4. The van der Waals surface area contributed by atoms with Gasteiger partial charge in [0.15, 0.2) is 5.16 Å². The van der Waals surface area contributed by atoms with Crippen LogP contribution in [0.4, 0.5) is 5.69 Å². The first kappa shape index (κ1) is 20.3. The minimum Gasteiger partial charge on any atom is -0.376 e. The minimum atomic E-state index is -0.366. The second-order valence-electron chi connectivity index (χ2n) is 8.09. The van der Waals surface area contributed by atoms with Crippen LogP contribution >= 0.6 is 11.8 Å². The van der Waals surface area contributed by atoms with Gasteiger partial charge in [-0.3, -0.25) is 14.2 Å². The van der Waals surface area contributed by atoms with E-state index in [1.54, 1.807) is 10.6 Å². The van der Waals surface area contributed by atoms with Crippen molar-refractivity contribution in [1.82, 2.24) is 9.55 Å². The lowest BCUT2D eigenvalue weighted by Gasteiger charge is -2.22. The summed E-state index contributed by atoms with van der Waals surface area (Å²) in [7, 11) is 0. The fourth-order valence-electron chi connectivity index (χ4n) is 4.39. The number of aromatic nitrogens is 2. The minimum absolute atomic E-state index is 0.0106. The molecule has 0 radical (unpaired) electrons. The van der Waals surface area contributed by atoms with E-state index in [0.717, 1.165) is 31.6 Å². The van der Waals surface area contributed by atoms with Gasteiger partial charge in [-0.15, -0.1) is 0 Å². The van der Waals surface area contributed by atoms with Crippen LogP contribution < -0.4 is 10.5 Å². The molecule has 0 saturated carbocycles. The zero-order valence-corrected chi connectivity index (χ0v) is 18.3. The molecule has 7 heteroatoms. The molecule has 5 rings (SSSR count). The molecule has 0 N–H and O–H groups in total. The Kier molecular flexibility index (Phi) is 5.54. The Bertz CT molecular complexity index is 1190. The number of carbonyl (C=O) groups is 1. The molecule has 2 aromatic carbocycles. The average Bonchev–Trinajstić information content (AvgIpc) is 3.46. The molecule has 160 valence electrons. The Morgan fingerprint density at radius 3 is 2.87 bits per heavy atom. The number of nitrogens with zero attached hydrogens (tertiary/aromatic N) is 3. The average molecular weight is 436 g/mol. The number of benzene rings is 2. The third kappa shape index (κ3) is 3.88. The van der Waals surface area contributed by atoms with Crippen molar-refractivity contribution in [2.45, 2.75) is 49.2 Å². The normalized spacial score (nSPS) is 19.0. The van der Waals surface area contributed by atoms with Gasteiger partial charge < -0.3 is 9.64 Å². The third-order valence-corrected chi connectivity index (χ3v) is 7.10. The smallest absolute Gasteiger partial charge is 0.262 e. The second kappa shape index (κ2) is 8.48. The maximum absolute atomic E-state index is 13.3. The Balaban J connectivity index is 1.46. The molecule has 2 aliphatic heterocycles. The van der Waals surface area contributed by atoms with Crippen LogP contribution in [-0.4, -0.2) is 40.0 Å². The van der Waals surface area contributed by atoms with Gasteiger partial charge in [0.05, 0.1) is 28.8 Å². The molecule has 3 heterocycles. The summed E-state index contributed by atoms with van der Waals surface area (Å²) >= 11 is 1.36. The molecule has 0 spiro atoms. The highest BCUT2D eigenvalue weighted by Gasteiger charge is 2.30. The van der Waals surface area contributed by atoms with Crippen molar-refractivity contribution >= 4 is 34.3 Å². The van der Waals surface area contributed by atoms with E-state index < -0.39 is 0 Å². The summed E-state index contributed by atoms with van der Waals surface area (Å²) in [6.45, 7) is 3.78. The van der Waals surface area contributed by atoms with Crippen LogP contribution in [0.3, 0.4) is 0 Å². The number of amides is 1. The molecule has 0 bridgehead atoms. The topological polar surface area (TPSA) is 64.4 Å². The first-order chi connectivity index (χ1) is 15.1. The molecule has 1 saturated heterocycles. The Hall–Kier alpha value is -2.64. The number of ether oxygens (including phenoxy) is 1. The number of para-hydroxylation sites is 2. The van der Waals surface area contributed by atoms with Gasteiger partial charge >= 0.3 is 0 Å². The lowest BCUT2D eigenvalue weighted by atomic mass is 10.2. The number of anilines is 1. The predicted molar refractivity (Wildman–Crippen MR) is 123 cm³/mol. The van der Waals surface area contributed by atoms with Gasteiger partial charge in [0, 0.05) is 18.8 Å². The number of rotatable bonds is 5.